The second kappa shape index (κ2) is 9.96. The third-order valence-corrected chi connectivity index (χ3v) is 5.98. The predicted molar refractivity (Wildman–Crippen MR) is 121 cm³/mol. The number of likely N-dealkylation sites (tertiary alicyclic amines) is 1. The van der Waals surface area contributed by atoms with E-state index in [2.05, 4.69) is 4.90 Å². The number of aryl methyl sites for hydroxylation is 1. The van der Waals surface area contributed by atoms with E-state index in [1.807, 2.05) is 13.8 Å². The summed E-state index contributed by atoms with van der Waals surface area (Å²) in [7, 11) is 1.54. The Morgan fingerprint density at radius 3 is 2.44 bits per heavy atom. The summed E-state index contributed by atoms with van der Waals surface area (Å²) < 4.78 is 20.0. The van der Waals surface area contributed by atoms with Crippen LogP contribution < -0.4 is 4.74 Å². The monoisotopic (exact) mass is 440 g/mol. The molecule has 0 spiro atoms. The van der Waals surface area contributed by atoms with Gasteiger partial charge in [0, 0.05) is 24.2 Å². The number of halogens is 1. The highest BCUT2D eigenvalue weighted by Gasteiger charge is 2.46. The van der Waals surface area contributed by atoms with Gasteiger partial charge >= 0.3 is 0 Å². The van der Waals surface area contributed by atoms with Crippen molar-refractivity contribution in [1.82, 2.24) is 9.80 Å². The number of amides is 1. The summed E-state index contributed by atoms with van der Waals surface area (Å²) in [5, 5.41) is 11.2. The number of nitrogens with zero attached hydrogens (tertiary/aromatic N) is 2. The first-order valence-electron chi connectivity index (χ1n) is 10.7. The van der Waals surface area contributed by atoms with Crippen molar-refractivity contribution in [1.29, 1.82) is 0 Å². The van der Waals surface area contributed by atoms with Gasteiger partial charge < -0.3 is 19.6 Å². The molecule has 6 nitrogen and oxygen atoms in total. The summed E-state index contributed by atoms with van der Waals surface area (Å²) >= 11 is 0. The maximum absolute atomic E-state index is 14.8. The molecule has 3 rings (SSSR count). The van der Waals surface area contributed by atoms with Gasteiger partial charge in [0.05, 0.1) is 18.7 Å². The topological polar surface area (TPSA) is 70.1 Å². The SMILES string of the molecule is CCN(CC)CCN1C(=O)C(=O)/C(=C(/O)c2ccc(OC)cc2C)C1c1ccccc1F. The summed E-state index contributed by atoms with van der Waals surface area (Å²) in [6.07, 6.45) is 0. The van der Waals surface area contributed by atoms with Crippen molar-refractivity contribution >= 4 is 17.4 Å². The molecule has 170 valence electrons. The van der Waals surface area contributed by atoms with Crippen molar-refractivity contribution < 1.29 is 23.8 Å². The van der Waals surface area contributed by atoms with Crippen LogP contribution in [-0.2, 0) is 9.59 Å². The fraction of sp³-hybridized carbons (Fsp3) is 0.360. The Morgan fingerprint density at radius 1 is 1.16 bits per heavy atom. The van der Waals surface area contributed by atoms with Crippen LogP contribution in [0.2, 0.25) is 0 Å². The molecule has 1 amide bonds. The molecular weight excluding hydrogens is 411 g/mol. The molecule has 1 N–H and O–H groups in total. The van der Waals surface area contributed by atoms with Crippen LogP contribution >= 0.6 is 0 Å². The molecular formula is C25H29FN2O4. The molecule has 0 aromatic heterocycles. The van der Waals surface area contributed by atoms with Gasteiger partial charge in [-0.3, -0.25) is 9.59 Å². The number of rotatable bonds is 8. The zero-order valence-corrected chi connectivity index (χ0v) is 18.9. The number of Topliss-reactive ketones (excluding diaryl/α,β-unsaturated/α-hetero) is 1. The first-order valence-corrected chi connectivity index (χ1v) is 10.7. The first kappa shape index (κ1) is 23.5. The van der Waals surface area contributed by atoms with Crippen molar-refractivity contribution in [3.63, 3.8) is 0 Å². The van der Waals surface area contributed by atoms with Gasteiger partial charge in [-0.25, -0.2) is 4.39 Å². The summed E-state index contributed by atoms with van der Waals surface area (Å²) in [6, 6.07) is 10.1. The zero-order valence-electron chi connectivity index (χ0n) is 18.9. The van der Waals surface area contributed by atoms with Crippen molar-refractivity contribution in [2.24, 2.45) is 0 Å². The molecule has 1 heterocycles. The maximum Gasteiger partial charge on any atom is 0.295 e. The van der Waals surface area contributed by atoms with Gasteiger partial charge in [0.25, 0.3) is 11.7 Å². The molecule has 0 aliphatic carbocycles. The van der Waals surface area contributed by atoms with Crippen LogP contribution in [0.5, 0.6) is 5.75 Å². The van der Waals surface area contributed by atoms with Crippen LogP contribution in [0.3, 0.4) is 0 Å². The van der Waals surface area contributed by atoms with E-state index in [1.54, 1.807) is 43.3 Å². The molecule has 1 unspecified atom stereocenters. The Hall–Kier alpha value is -3.19. The molecule has 0 saturated carbocycles. The lowest BCUT2D eigenvalue weighted by Crippen LogP contribution is -2.38. The molecule has 7 heteroatoms. The lowest BCUT2D eigenvalue weighted by molar-refractivity contribution is -0.140. The predicted octanol–water partition coefficient (Wildman–Crippen LogP) is 3.91. The van der Waals surface area contributed by atoms with Crippen molar-refractivity contribution in [3.8, 4) is 5.75 Å². The van der Waals surface area contributed by atoms with Crippen LogP contribution in [-0.4, -0.2) is 59.9 Å². The number of aliphatic hydroxyl groups is 1. The smallest absolute Gasteiger partial charge is 0.295 e. The summed E-state index contributed by atoms with van der Waals surface area (Å²) in [6.45, 7) is 8.14. The fourth-order valence-corrected chi connectivity index (χ4v) is 4.09. The van der Waals surface area contributed by atoms with E-state index in [1.165, 1.54) is 18.1 Å². The molecule has 2 aromatic rings. The summed E-state index contributed by atoms with van der Waals surface area (Å²) in [5.74, 6) is -1.81. The number of carbonyl (C=O) groups is 2. The van der Waals surface area contributed by atoms with Gasteiger partial charge in [-0.1, -0.05) is 32.0 Å². The Labute approximate surface area is 187 Å². The number of carbonyl (C=O) groups excluding carboxylic acids is 2. The van der Waals surface area contributed by atoms with Crippen molar-refractivity contribution in [2.45, 2.75) is 26.8 Å². The molecule has 0 radical (unpaired) electrons. The third-order valence-electron chi connectivity index (χ3n) is 5.98. The van der Waals surface area contributed by atoms with Crippen LogP contribution in [0.25, 0.3) is 5.76 Å². The summed E-state index contributed by atoms with van der Waals surface area (Å²) in [5.41, 5.74) is 1.14. The van der Waals surface area contributed by atoms with Gasteiger partial charge in [-0.2, -0.15) is 0 Å². The van der Waals surface area contributed by atoms with Gasteiger partial charge in [0.15, 0.2) is 0 Å². The third kappa shape index (κ3) is 4.39. The second-order valence-electron chi connectivity index (χ2n) is 7.72. The van der Waals surface area contributed by atoms with Crippen LogP contribution in [0.1, 0.15) is 36.6 Å². The number of aliphatic hydroxyl groups excluding tert-OH is 1. The second-order valence-corrected chi connectivity index (χ2v) is 7.72. The standard InChI is InChI=1S/C25H29FN2O4/c1-5-27(6-2)13-14-28-22(19-9-7-8-10-20(19)26)21(24(30)25(28)31)23(29)18-12-11-17(32-4)15-16(18)3/h7-12,15,22,29H,5-6,13-14H2,1-4H3/b23-21+. The maximum atomic E-state index is 14.8. The zero-order chi connectivity index (χ0) is 23.4. The summed E-state index contributed by atoms with van der Waals surface area (Å²) in [4.78, 5) is 29.5. The van der Waals surface area contributed by atoms with E-state index >= 15 is 0 Å². The van der Waals surface area contributed by atoms with E-state index in [4.69, 9.17) is 4.74 Å². The average Bonchev–Trinajstić information content (AvgIpc) is 3.04. The van der Waals surface area contributed by atoms with E-state index in [0.29, 0.717) is 23.4 Å². The molecule has 0 bridgehead atoms. The Bertz CT molecular complexity index is 1050. The molecule has 32 heavy (non-hydrogen) atoms. The number of ketones is 1. The minimum Gasteiger partial charge on any atom is -0.507 e. The van der Waals surface area contributed by atoms with Gasteiger partial charge in [0.2, 0.25) is 0 Å². The van der Waals surface area contributed by atoms with Crippen LogP contribution in [0, 0.1) is 12.7 Å². The number of likely N-dealkylation sites (N-methyl/N-ethyl adjacent to an activating group) is 1. The first-order chi connectivity index (χ1) is 15.3. The highest BCUT2D eigenvalue weighted by atomic mass is 19.1. The lowest BCUT2D eigenvalue weighted by Gasteiger charge is -2.28. The van der Waals surface area contributed by atoms with Crippen LogP contribution in [0.4, 0.5) is 4.39 Å². The van der Waals surface area contributed by atoms with E-state index in [9.17, 15) is 19.1 Å². The lowest BCUT2D eigenvalue weighted by atomic mass is 9.93. The van der Waals surface area contributed by atoms with Gasteiger partial charge in [-0.15, -0.1) is 0 Å². The van der Waals surface area contributed by atoms with E-state index in [-0.39, 0.29) is 23.4 Å². The highest BCUT2D eigenvalue weighted by Crippen LogP contribution is 2.40. The largest absolute Gasteiger partial charge is 0.507 e. The molecule has 1 aliphatic heterocycles. The van der Waals surface area contributed by atoms with Crippen molar-refractivity contribution in [3.05, 3.63) is 70.5 Å². The molecule has 1 saturated heterocycles. The van der Waals surface area contributed by atoms with Gasteiger partial charge in [0.1, 0.15) is 17.3 Å². The number of hydrogen-bond acceptors (Lipinski definition) is 5. The highest BCUT2D eigenvalue weighted by molar-refractivity contribution is 6.46. The Kier molecular flexibility index (Phi) is 7.30. The number of methoxy groups -OCH3 is 1. The molecule has 1 atom stereocenters. The Balaban J connectivity index is 2.14. The average molecular weight is 441 g/mol. The van der Waals surface area contributed by atoms with E-state index < -0.39 is 23.5 Å². The number of ether oxygens (including phenoxy) is 1. The Morgan fingerprint density at radius 2 is 1.84 bits per heavy atom. The minimum absolute atomic E-state index is 0.104. The molecule has 2 aromatic carbocycles. The van der Waals surface area contributed by atoms with Crippen LogP contribution in [0.15, 0.2) is 48.0 Å². The number of benzene rings is 2. The normalized spacial score (nSPS) is 17.9. The molecule has 1 aliphatic rings. The van der Waals surface area contributed by atoms with Gasteiger partial charge in [-0.05, 0) is 49.8 Å². The fourth-order valence-electron chi connectivity index (χ4n) is 4.09. The quantitative estimate of drug-likeness (QED) is 0.383. The van der Waals surface area contributed by atoms with Crippen molar-refractivity contribution in [2.75, 3.05) is 33.3 Å². The number of hydrogen-bond donors (Lipinski definition) is 1. The minimum atomic E-state index is -1.01. The molecule has 1 fully saturated rings. The van der Waals surface area contributed by atoms with E-state index in [0.717, 1.165) is 13.1 Å².